The molecule has 0 unspecified atom stereocenters. The van der Waals surface area contributed by atoms with E-state index in [2.05, 4.69) is 10.3 Å². The molecule has 0 bridgehead atoms. The molecule has 9 heteroatoms. The van der Waals surface area contributed by atoms with E-state index in [4.69, 9.17) is 11.6 Å². The molecule has 0 saturated carbocycles. The zero-order valence-electron chi connectivity index (χ0n) is 15.0. The minimum absolute atomic E-state index is 0.105. The summed E-state index contributed by atoms with van der Waals surface area (Å²) >= 11 is 7.03. The molecule has 3 rings (SSSR count). The number of amides is 1. The Hall–Kier alpha value is -2.42. The molecule has 1 amide bonds. The van der Waals surface area contributed by atoms with E-state index in [1.807, 2.05) is 12.1 Å². The van der Waals surface area contributed by atoms with Crippen LogP contribution < -0.4 is 9.62 Å². The van der Waals surface area contributed by atoms with Gasteiger partial charge in [0.05, 0.1) is 10.6 Å². The number of hydrogen-bond acceptors (Lipinski definition) is 5. The van der Waals surface area contributed by atoms with Gasteiger partial charge in [0.1, 0.15) is 4.88 Å². The molecule has 0 atom stereocenters. The van der Waals surface area contributed by atoms with Gasteiger partial charge in [-0.3, -0.25) is 14.1 Å². The highest BCUT2D eigenvalue weighted by Crippen LogP contribution is 2.30. The first-order valence-corrected chi connectivity index (χ1v) is 11.1. The summed E-state index contributed by atoms with van der Waals surface area (Å²) in [6.07, 6.45) is 4.07. The third-order valence-electron chi connectivity index (χ3n) is 4.08. The molecule has 0 spiro atoms. The van der Waals surface area contributed by atoms with Crippen LogP contribution in [0.15, 0.2) is 65.1 Å². The lowest BCUT2D eigenvalue weighted by atomic mass is 10.2. The van der Waals surface area contributed by atoms with Crippen LogP contribution in [-0.2, 0) is 16.4 Å². The van der Waals surface area contributed by atoms with Crippen molar-refractivity contribution in [3.8, 4) is 0 Å². The first kappa shape index (κ1) is 20.3. The van der Waals surface area contributed by atoms with E-state index in [1.165, 1.54) is 42.6 Å². The third-order valence-corrected chi connectivity index (χ3v) is 7.02. The average molecular weight is 436 g/mol. The van der Waals surface area contributed by atoms with E-state index in [9.17, 15) is 13.2 Å². The molecular formula is C19H18ClN3O3S2. The SMILES string of the molecule is CN(c1ccsc1C(=O)NCCc1cccnc1)S(=O)(=O)c1ccc(Cl)cc1. The first-order chi connectivity index (χ1) is 13.4. The number of halogens is 1. The second kappa shape index (κ2) is 8.72. The second-order valence-corrected chi connectivity index (χ2v) is 9.25. The van der Waals surface area contributed by atoms with Crippen molar-refractivity contribution in [2.24, 2.45) is 0 Å². The number of hydrogen-bond donors (Lipinski definition) is 1. The van der Waals surface area contributed by atoms with Crippen molar-refractivity contribution in [3.63, 3.8) is 0 Å². The number of benzene rings is 1. The summed E-state index contributed by atoms with van der Waals surface area (Å²) in [5.41, 5.74) is 1.34. The van der Waals surface area contributed by atoms with Gasteiger partial charge in [0.15, 0.2) is 0 Å². The van der Waals surface area contributed by atoms with Crippen molar-refractivity contribution >= 4 is 44.6 Å². The summed E-state index contributed by atoms with van der Waals surface area (Å²) in [7, 11) is -2.38. The van der Waals surface area contributed by atoms with E-state index in [1.54, 1.807) is 23.8 Å². The minimum Gasteiger partial charge on any atom is -0.351 e. The second-order valence-electron chi connectivity index (χ2n) is 5.93. The van der Waals surface area contributed by atoms with E-state index in [-0.39, 0.29) is 10.8 Å². The van der Waals surface area contributed by atoms with Crippen molar-refractivity contribution in [1.82, 2.24) is 10.3 Å². The van der Waals surface area contributed by atoms with Gasteiger partial charge in [0, 0.05) is 31.0 Å². The smallest absolute Gasteiger partial charge is 0.264 e. The predicted molar refractivity (Wildman–Crippen MR) is 112 cm³/mol. The number of aromatic nitrogens is 1. The molecule has 2 aromatic heterocycles. The highest BCUT2D eigenvalue weighted by atomic mass is 35.5. The fraction of sp³-hybridized carbons (Fsp3) is 0.158. The molecule has 1 aromatic carbocycles. The van der Waals surface area contributed by atoms with Gasteiger partial charge < -0.3 is 5.32 Å². The number of anilines is 1. The molecule has 0 saturated heterocycles. The number of rotatable bonds is 7. The molecule has 3 aromatic rings. The molecular weight excluding hydrogens is 418 g/mol. The van der Waals surface area contributed by atoms with E-state index >= 15 is 0 Å². The molecule has 6 nitrogen and oxygen atoms in total. The van der Waals surface area contributed by atoms with Gasteiger partial charge in [-0.25, -0.2) is 8.42 Å². The molecule has 28 heavy (non-hydrogen) atoms. The highest BCUT2D eigenvalue weighted by molar-refractivity contribution is 7.92. The van der Waals surface area contributed by atoms with Crippen molar-refractivity contribution in [2.75, 3.05) is 17.9 Å². The number of carbonyl (C=O) groups is 1. The average Bonchev–Trinajstić information content (AvgIpc) is 3.18. The van der Waals surface area contributed by atoms with Crippen LogP contribution in [0.5, 0.6) is 0 Å². The van der Waals surface area contributed by atoms with Gasteiger partial charge in [-0.1, -0.05) is 17.7 Å². The topological polar surface area (TPSA) is 79.4 Å². The minimum atomic E-state index is -3.81. The summed E-state index contributed by atoms with van der Waals surface area (Å²) in [4.78, 5) is 17.1. The largest absolute Gasteiger partial charge is 0.351 e. The van der Waals surface area contributed by atoms with Crippen LogP contribution in [0, 0.1) is 0 Å². The Balaban J connectivity index is 1.73. The van der Waals surface area contributed by atoms with E-state index in [0.717, 1.165) is 9.87 Å². The van der Waals surface area contributed by atoms with Crippen LogP contribution in [0.1, 0.15) is 15.2 Å². The van der Waals surface area contributed by atoms with Gasteiger partial charge in [-0.2, -0.15) is 0 Å². The molecule has 0 aliphatic carbocycles. The number of thiophene rings is 1. The van der Waals surface area contributed by atoms with Crippen LogP contribution >= 0.6 is 22.9 Å². The van der Waals surface area contributed by atoms with Crippen LogP contribution in [0.3, 0.4) is 0 Å². The zero-order chi connectivity index (χ0) is 20.1. The molecule has 0 fully saturated rings. The summed E-state index contributed by atoms with van der Waals surface area (Å²) in [5.74, 6) is -0.313. The van der Waals surface area contributed by atoms with Gasteiger partial charge in [0.25, 0.3) is 15.9 Å². The Morgan fingerprint density at radius 2 is 1.96 bits per heavy atom. The summed E-state index contributed by atoms with van der Waals surface area (Å²) in [6, 6.07) is 11.3. The van der Waals surface area contributed by atoms with E-state index < -0.39 is 10.0 Å². The molecule has 0 aliphatic rings. The standard InChI is InChI=1S/C19H18ClN3O3S2/c1-23(28(25,26)16-6-4-15(20)5-7-16)17-9-12-27-18(17)19(24)22-11-8-14-3-2-10-21-13-14/h2-7,9-10,12-13H,8,11H2,1H3,(H,22,24). The maximum atomic E-state index is 12.9. The summed E-state index contributed by atoms with van der Waals surface area (Å²) in [6.45, 7) is 0.426. The molecule has 2 heterocycles. The summed E-state index contributed by atoms with van der Waals surface area (Å²) < 4.78 is 26.8. The van der Waals surface area contributed by atoms with Crippen LogP contribution in [0.4, 0.5) is 5.69 Å². The lowest BCUT2D eigenvalue weighted by molar-refractivity contribution is 0.0959. The lowest BCUT2D eigenvalue weighted by Gasteiger charge is -2.19. The van der Waals surface area contributed by atoms with Crippen molar-refractivity contribution in [2.45, 2.75) is 11.3 Å². The lowest BCUT2D eigenvalue weighted by Crippen LogP contribution is -2.30. The maximum Gasteiger partial charge on any atom is 0.264 e. The van der Waals surface area contributed by atoms with Gasteiger partial charge in [0.2, 0.25) is 0 Å². The van der Waals surface area contributed by atoms with Gasteiger partial charge in [-0.05, 0) is 53.8 Å². The quantitative estimate of drug-likeness (QED) is 0.615. The monoisotopic (exact) mass is 435 g/mol. The van der Waals surface area contributed by atoms with Gasteiger partial charge >= 0.3 is 0 Å². The Kier molecular flexibility index (Phi) is 6.33. The molecule has 146 valence electrons. The normalized spacial score (nSPS) is 11.2. The van der Waals surface area contributed by atoms with Crippen LogP contribution in [0.25, 0.3) is 0 Å². The Bertz CT molecular complexity index is 1050. The van der Waals surface area contributed by atoms with Crippen LogP contribution in [0.2, 0.25) is 5.02 Å². The van der Waals surface area contributed by atoms with Gasteiger partial charge in [-0.15, -0.1) is 11.3 Å². The molecule has 1 N–H and O–H groups in total. The number of nitrogens with zero attached hydrogens (tertiary/aromatic N) is 2. The van der Waals surface area contributed by atoms with Crippen molar-refractivity contribution < 1.29 is 13.2 Å². The van der Waals surface area contributed by atoms with Crippen molar-refractivity contribution in [3.05, 3.63) is 75.7 Å². The fourth-order valence-electron chi connectivity index (χ4n) is 2.56. The van der Waals surface area contributed by atoms with Crippen molar-refractivity contribution in [1.29, 1.82) is 0 Å². The Morgan fingerprint density at radius 3 is 2.64 bits per heavy atom. The molecule has 0 radical (unpaired) electrons. The Labute approximate surface area is 172 Å². The summed E-state index contributed by atoms with van der Waals surface area (Å²) in [5, 5.41) is 4.98. The number of carbonyl (C=O) groups excluding carboxylic acids is 1. The van der Waals surface area contributed by atoms with E-state index in [0.29, 0.717) is 28.6 Å². The maximum absolute atomic E-state index is 12.9. The Morgan fingerprint density at radius 1 is 1.21 bits per heavy atom. The molecule has 0 aliphatic heterocycles. The predicted octanol–water partition coefficient (Wildman–Crippen LogP) is 3.59. The number of sulfonamides is 1. The third kappa shape index (κ3) is 4.52. The highest BCUT2D eigenvalue weighted by Gasteiger charge is 2.26. The zero-order valence-corrected chi connectivity index (χ0v) is 17.4. The van der Waals surface area contributed by atoms with Crippen LogP contribution in [-0.4, -0.2) is 32.9 Å². The number of nitrogens with one attached hydrogen (secondary N) is 1. The fourth-order valence-corrected chi connectivity index (χ4v) is 4.79. The first-order valence-electron chi connectivity index (χ1n) is 8.38. The number of pyridine rings is 1.